The summed E-state index contributed by atoms with van der Waals surface area (Å²) >= 11 is 0. The van der Waals surface area contributed by atoms with Crippen LogP contribution in [0.1, 0.15) is 37.9 Å². The van der Waals surface area contributed by atoms with Gasteiger partial charge in [0.25, 0.3) is 5.91 Å². The van der Waals surface area contributed by atoms with E-state index >= 15 is 0 Å². The molecule has 1 aromatic carbocycles. The van der Waals surface area contributed by atoms with E-state index in [1.165, 1.54) is 18.4 Å². The Labute approximate surface area is 186 Å². The van der Waals surface area contributed by atoms with Crippen molar-refractivity contribution in [3.8, 4) is 5.75 Å². The second kappa shape index (κ2) is 8.59. The van der Waals surface area contributed by atoms with Crippen LogP contribution in [-0.4, -0.2) is 17.4 Å². The van der Waals surface area contributed by atoms with E-state index in [4.69, 9.17) is 13.6 Å². The van der Waals surface area contributed by atoms with Crippen molar-refractivity contribution < 1.29 is 23.2 Å². The number of fused-ring (bicyclic) bond motifs is 1. The Morgan fingerprint density at radius 3 is 2.25 bits per heavy atom. The first kappa shape index (κ1) is 21.2. The van der Waals surface area contributed by atoms with Gasteiger partial charge in [-0.3, -0.25) is 9.69 Å². The highest BCUT2D eigenvalue weighted by Gasteiger charge is 2.35. The number of esters is 1. The van der Waals surface area contributed by atoms with Gasteiger partial charge >= 0.3 is 5.97 Å². The summed E-state index contributed by atoms with van der Waals surface area (Å²) in [5, 5.41) is 0. The quantitative estimate of drug-likeness (QED) is 0.294. The zero-order valence-electron chi connectivity index (χ0n) is 18.1. The van der Waals surface area contributed by atoms with Crippen molar-refractivity contribution in [2.24, 2.45) is 0 Å². The van der Waals surface area contributed by atoms with Crippen molar-refractivity contribution in [1.82, 2.24) is 0 Å². The van der Waals surface area contributed by atoms with Crippen LogP contribution in [0.3, 0.4) is 0 Å². The first-order valence-corrected chi connectivity index (χ1v) is 10.2. The van der Waals surface area contributed by atoms with E-state index in [9.17, 15) is 9.59 Å². The number of benzene rings is 1. The molecule has 0 atom stereocenters. The van der Waals surface area contributed by atoms with Crippen molar-refractivity contribution in [2.75, 3.05) is 4.90 Å². The van der Waals surface area contributed by atoms with E-state index < -0.39 is 11.5 Å². The molecule has 0 spiro atoms. The van der Waals surface area contributed by atoms with Crippen molar-refractivity contribution in [2.45, 2.75) is 26.3 Å². The van der Waals surface area contributed by atoms with Gasteiger partial charge in [0, 0.05) is 17.7 Å². The number of ether oxygens (including phenoxy) is 1. The molecule has 4 rings (SSSR count). The Kier molecular flexibility index (Phi) is 5.69. The largest absolute Gasteiger partial charge is 0.465 e. The van der Waals surface area contributed by atoms with Crippen LogP contribution in [0.15, 0.2) is 82.1 Å². The number of nitrogens with zero attached hydrogens (tertiary/aromatic N) is 1. The van der Waals surface area contributed by atoms with Crippen molar-refractivity contribution >= 4 is 35.3 Å². The Hall–Kier alpha value is -4.06. The fourth-order valence-electron chi connectivity index (χ4n) is 3.78. The van der Waals surface area contributed by atoms with Crippen LogP contribution in [0.25, 0.3) is 17.7 Å². The van der Waals surface area contributed by atoms with Crippen LogP contribution in [0, 0.1) is 0 Å². The third kappa shape index (κ3) is 4.49. The minimum atomic E-state index is -0.536. The van der Waals surface area contributed by atoms with Gasteiger partial charge in [0.05, 0.1) is 23.8 Å². The zero-order valence-corrected chi connectivity index (χ0v) is 18.1. The molecule has 32 heavy (non-hydrogen) atoms. The number of amides is 1. The lowest BCUT2D eigenvalue weighted by molar-refractivity contribution is -0.129. The Morgan fingerprint density at radius 2 is 1.62 bits per heavy atom. The second-order valence-electron chi connectivity index (χ2n) is 7.95. The molecule has 3 heterocycles. The van der Waals surface area contributed by atoms with Gasteiger partial charge in [-0.2, -0.15) is 0 Å². The molecule has 0 bridgehead atoms. The summed E-state index contributed by atoms with van der Waals surface area (Å²) in [4.78, 5) is 27.0. The normalized spacial score (nSPS) is 15.1. The van der Waals surface area contributed by atoms with Gasteiger partial charge in [0.15, 0.2) is 0 Å². The molecule has 2 aromatic heterocycles. The van der Waals surface area contributed by atoms with E-state index in [-0.39, 0.29) is 5.91 Å². The van der Waals surface area contributed by atoms with Gasteiger partial charge in [0.2, 0.25) is 0 Å². The van der Waals surface area contributed by atoms with Gasteiger partial charge in [0.1, 0.15) is 17.3 Å². The predicted octanol–water partition coefficient (Wildman–Crippen LogP) is 5.73. The third-order valence-corrected chi connectivity index (χ3v) is 5.08. The minimum absolute atomic E-state index is 0.178. The lowest BCUT2D eigenvalue weighted by atomic mass is 9.88. The Bertz CT molecular complexity index is 1210. The van der Waals surface area contributed by atoms with Crippen LogP contribution in [0.2, 0.25) is 0 Å². The highest BCUT2D eigenvalue weighted by molar-refractivity contribution is 6.08. The highest BCUT2D eigenvalue weighted by Crippen LogP contribution is 2.40. The van der Waals surface area contributed by atoms with E-state index in [1.807, 2.05) is 26.8 Å². The lowest BCUT2D eigenvalue weighted by Crippen LogP contribution is -2.48. The topological polar surface area (TPSA) is 72.9 Å². The number of rotatable bonds is 5. The van der Waals surface area contributed by atoms with E-state index in [0.29, 0.717) is 17.3 Å². The smallest absolute Gasteiger partial charge is 0.336 e. The molecule has 0 unspecified atom stereocenters. The molecule has 1 amide bonds. The highest BCUT2D eigenvalue weighted by atomic mass is 16.5. The molecule has 3 aromatic rings. The summed E-state index contributed by atoms with van der Waals surface area (Å²) in [6.07, 6.45) is 11.1. The summed E-state index contributed by atoms with van der Waals surface area (Å²) in [7, 11) is 0. The number of hydrogen-bond donors (Lipinski definition) is 0. The summed E-state index contributed by atoms with van der Waals surface area (Å²) < 4.78 is 15.9. The molecular formula is C26H23NO5. The molecule has 0 N–H and O–H groups in total. The van der Waals surface area contributed by atoms with Crippen LogP contribution < -0.4 is 9.64 Å². The van der Waals surface area contributed by atoms with Crippen LogP contribution in [-0.2, 0) is 9.59 Å². The molecule has 1 aliphatic rings. The Balaban J connectivity index is 1.58. The SMILES string of the molecule is CC1=CC(C)(C)N(C(=O)/C=C/c2ccco2)c2ccc(OC(=O)/C=C/c3ccco3)cc21. The summed E-state index contributed by atoms with van der Waals surface area (Å²) in [6.45, 7) is 5.93. The molecule has 162 valence electrons. The number of allylic oxidation sites excluding steroid dienone is 1. The van der Waals surface area contributed by atoms with Gasteiger partial charge in [-0.1, -0.05) is 6.08 Å². The van der Waals surface area contributed by atoms with Gasteiger partial charge in [-0.05, 0) is 81.0 Å². The number of anilines is 1. The first-order valence-electron chi connectivity index (χ1n) is 10.2. The fourth-order valence-corrected chi connectivity index (χ4v) is 3.78. The van der Waals surface area contributed by atoms with E-state index in [1.54, 1.807) is 65.8 Å². The average Bonchev–Trinajstić information content (AvgIpc) is 3.45. The number of carbonyl (C=O) groups is 2. The molecule has 6 nitrogen and oxygen atoms in total. The predicted molar refractivity (Wildman–Crippen MR) is 123 cm³/mol. The monoisotopic (exact) mass is 429 g/mol. The van der Waals surface area contributed by atoms with Crippen molar-refractivity contribution in [1.29, 1.82) is 0 Å². The third-order valence-electron chi connectivity index (χ3n) is 5.08. The Morgan fingerprint density at radius 1 is 0.969 bits per heavy atom. The average molecular weight is 429 g/mol. The summed E-state index contributed by atoms with van der Waals surface area (Å²) in [5.41, 5.74) is 2.03. The van der Waals surface area contributed by atoms with Crippen molar-refractivity contribution in [3.05, 3.63) is 90.3 Å². The molecule has 0 radical (unpaired) electrons. The second-order valence-corrected chi connectivity index (χ2v) is 7.95. The summed E-state index contributed by atoms with van der Waals surface area (Å²) in [5.74, 6) is 0.856. The maximum Gasteiger partial charge on any atom is 0.336 e. The van der Waals surface area contributed by atoms with E-state index in [2.05, 4.69) is 0 Å². The maximum absolute atomic E-state index is 13.1. The molecule has 0 saturated carbocycles. The first-order chi connectivity index (χ1) is 15.3. The standard InChI is InChI=1S/C26H23NO5/c1-18-17-26(2,3)27(24(28)12-9-19-6-4-14-30-19)23-11-8-21(16-22(18)23)32-25(29)13-10-20-7-5-15-31-20/h4-17H,1-3H3/b12-9+,13-10+. The molecule has 6 heteroatoms. The van der Waals surface area contributed by atoms with Crippen LogP contribution in [0.5, 0.6) is 5.75 Å². The molecule has 0 fully saturated rings. The number of carbonyl (C=O) groups excluding carboxylic acids is 2. The number of furan rings is 2. The summed E-state index contributed by atoms with van der Waals surface area (Å²) in [6, 6.07) is 12.3. The fraction of sp³-hybridized carbons (Fsp3) is 0.154. The van der Waals surface area contributed by atoms with Crippen molar-refractivity contribution in [3.63, 3.8) is 0 Å². The number of hydrogen-bond acceptors (Lipinski definition) is 5. The maximum atomic E-state index is 13.1. The van der Waals surface area contributed by atoms with Crippen LogP contribution >= 0.6 is 0 Å². The molecule has 1 aliphatic heterocycles. The van der Waals surface area contributed by atoms with Gasteiger partial charge in [-0.25, -0.2) is 4.79 Å². The lowest BCUT2D eigenvalue weighted by Gasteiger charge is -2.41. The molecule has 0 aliphatic carbocycles. The van der Waals surface area contributed by atoms with Crippen LogP contribution in [0.4, 0.5) is 5.69 Å². The molecule has 0 saturated heterocycles. The zero-order chi connectivity index (χ0) is 22.7. The minimum Gasteiger partial charge on any atom is -0.465 e. The van der Waals surface area contributed by atoms with Gasteiger partial charge < -0.3 is 13.6 Å². The van der Waals surface area contributed by atoms with Gasteiger partial charge in [-0.15, -0.1) is 0 Å². The molecular weight excluding hydrogens is 406 g/mol. The van der Waals surface area contributed by atoms with E-state index in [0.717, 1.165) is 16.8 Å².